The number of halogens is 2. The van der Waals surface area contributed by atoms with Crippen molar-refractivity contribution in [1.29, 1.82) is 0 Å². The van der Waals surface area contributed by atoms with Crippen molar-refractivity contribution in [1.82, 2.24) is 5.32 Å². The summed E-state index contributed by atoms with van der Waals surface area (Å²) in [5, 5.41) is 2.72. The standard InChI is InChI=1S/C11H15FN2O.ClH/c1-7-5-9(12)3-4-10(7)11(15)14-8(2)6-13;/h3-5,8H,6,13H2,1-2H3,(H,14,15);1H/t8-;/m1./s1. The van der Waals surface area contributed by atoms with Crippen molar-refractivity contribution in [2.75, 3.05) is 6.54 Å². The summed E-state index contributed by atoms with van der Waals surface area (Å²) in [4.78, 5) is 11.7. The maximum atomic E-state index is 12.8. The lowest BCUT2D eigenvalue weighted by atomic mass is 10.1. The molecule has 0 aliphatic rings. The van der Waals surface area contributed by atoms with E-state index in [0.29, 0.717) is 17.7 Å². The number of carbonyl (C=O) groups excluding carboxylic acids is 1. The van der Waals surface area contributed by atoms with Crippen molar-refractivity contribution in [2.24, 2.45) is 5.73 Å². The van der Waals surface area contributed by atoms with Crippen molar-refractivity contribution in [2.45, 2.75) is 19.9 Å². The third-order valence-corrected chi connectivity index (χ3v) is 2.16. The van der Waals surface area contributed by atoms with Gasteiger partial charge in [-0.1, -0.05) is 0 Å². The molecule has 0 bridgehead atoms. The Kier molecular flexibility index (Phi) is 6.00. The van der Waals surface area contributed by atoms with E-state index in [1.165, 1.54) is 18.2 Å². The van der Waals surface area contributed by atoms with E-state index in [-0.39, 0.29) is 30.2 Å². The fourth-order valence-corrected chi connectivity index (χ4v) is 1.24. The molecular formula is C11H16ClFN2O. The molecule has 1 atom stereocenters. The van der Waals surface area contributed by atoms with Crippen molar-refractivity contribution < 1.29 is 9.18 Å². The number of benzene rings is 1. The highest BCUT2D eigenvalue weighted by molar-refractivity contribution is 5.95. The van der Waals surface area contributed by atoms with E-state index < -0.39 is 0 Å². The van der Waals surface area contributed by atoms with Gasteiger partial charge < -0.3 is 11.1 Å². The van der Waals surface area contributed by atoms with Crippen LogP contribution in [-0.4, -0.2) is 18.5 Å². The zero-order valence-electron chi connectivity index (χ0n) is 9.29. The van der Waals surface area contributed by atoms with E-state index in [2.05, 4.69) is 5.32 Å². The molecule has 0 heterocycles. The van der Waals surface area contributed by atoms with Crippen LogP contribution in [0.5, 0.6) is 0 Å². The molecule has 0 radical (unpaired) electrons. The van der Waals surface area contributed by atoms with Gasteiger partial charge in [-0.15, -0.1) is 12.4 Å². The van der Waals surface area contributed by atoms with Crippen molar-refractivity contribution in [3.05, 3.63) is 35.1 Å². The monoisotopic (exact) mass is 246 g/mol. The molecule has 16 heavy (non-hydrogen) atoms. The molecule has 0 saturated heterocycles. The second-order valence-corrected chi connectivity index (χ2v) is 3.57. The van der Waals surface area contributed by atoms with Gasteiger partial charge >= 0.3 is 0 Å². The molecule has 3 nitrogen and oxygen atoms in total. The molecule has 0 saturated carbocycles. The van der Waals surface area contributed by atoms with Crippen LogP contribution in [0.3, 0.4) is 0 Å². The molecule has 5 heteroatoms. The second kappa shape index (κ2) is 6.45. The summed E-state index contributed by atoms with van der Waals surface area (Å²) < 4.78 is 12.8. The lowest BCUT2D eigenvalue weighted by molar-refractivity contribution is 0.0940. The average Bonchev–Trinajstić information content (AvgIpc) is 2.17. The van der Waals surface area contributed by atoms with Crippen molar-refractivity contribution in [3.8, 4) is 0 Å². The first kappa shape index (κ1) is 14.9. The van der Waals surface area contributed by atoms with Crippen LogP contribution in [0.25, 0.3) is 0 Å². The summed E-state index contributed by atoms with van der Waals surface area (Å²) in [5.74, 6) is -0.554. The lowest BCUT2D eigenvalue weighted by Gasteiger charge is -2.12. The zero-order valence-corrected chi connectivity index (χ0v) is 10.1. The van der Waals surface area contributed by atoms with Gasteiger partial charge in [-0.3, -0.25) is 4.79 Å². The molecule has 3 N–H and O–H groups in total. The van der Waals surface area contributed by atoms with Crippen molar-refractivity contribution >= 4 is 18.3 Å². The third-order valence-electron chi connectivity index (χ3n) is 2.16. The normalized spacial score (nSPS) is 11.5. The average molecular weight is 247 g/mol. The van der Waals surface area contributed by atoms with E-state index >= 15 is 0 Å². The van der Waals surface area contributed by atoms with Crippen LogP contribution in [-0.2, 0) is 0 Å². The molecular weight excluding hydrogens is 231 g/mol. The topological polar surface area (TPSA) is 55.1 Å². The molecule has 1 aromatic carbocycles. The second-order valence-electron chi connectivity index (χ2n) is 3.57. The number of nitrogens with two attached hydrogens (primary N) is 1. The van der Waals surface area contributed by atoms with Gasteiger partial charge in [0.1, 0.15) is 5.82 Å². The Balaban J connectivity index is 0.00000225. The van der Waals surface area contributed by atoms with Gasteiger partial charge in [-0.2, -0.15) is 0 Å². The number of nitrogens with one attached hydrogen (secondary N) is 1. The van der Waals surface area contributed by atoms with Gasteiger partial charge in [0.15, 0.2) is 0 Å². The number of hydrogen-bond donors (Lipinski definition) is 2. The van der Waals surface area contributed by atoms with Crippen LogP contribution < -0.4 is 11.1 Å². The quantitative estimate of drug-likeness (QED) is 0.852. The van der Waals surface area contributed by atoms with Gasteiger partial charge in [0.05, 0.1) is 0 Å². The summed E-state index contributed by atoms with van der Waals surface area (Å²) in [6.45, 7) is 3.90. The summed E-state index contributed by atoms with van der Waals surface area (Å²) >= 11 is 0. The largest absolute Gasteiger partial charge is 0.348 e. The molecule has 0 aromatic heterocycles. The SMILES string of the molecule is Cc1cc(F)ccc1C(=O)N[C@H](C)CN.Cl. The maximum Gasteiger partial charge on any atom is 0.251 e. The Morgan fingerprint density at radius 1 is 1.56 bits per heavy atom. The van der Waals surface area contributed by atoms with Gasteiger partial charge in [-0.05, 0) is 37.6 Å². The highest BCUT2D eigenvalue weighted by Gasteiger charge is 2.11. The first-order valence-corrected chi connectivity index (χ1v) is 4.81. The van der Waals surface area contributed by atoms with Crippen LogP contribution in [0.2, 0.25) is 0 Å². The van der Waals surface area contributed by atoms with Crippen LogP contribution in [0.1, 0.15) is 22.8 Å². The molecule has 0 fully saturated rings. The van der Waals surface area contributed by atoms with Crippen LogP contribution >= 0.6 is 12.4 Å². The van der Waals surface area contributed by atoms with E-state index in [4.69, 9.17) is 5.73 Å². The Hall–Kier alpha value is -1.13. The molecule has 0 aliphatic carbocycles. The fourth-order valence-electron chi connectivity index (χ4n) is 1.24. The molecule has 0 spiro atoms. The molecule has 1 aromatic rings. The fraction of sp³-hybridized carbons (Fsp3) is 0.364. The smallest absolute Gasteiger partial charge is 0.251 e. The summed E-state index contributed by atoms with van der Waals surface area (Å²) in [6.07, 6.45) is 0. The Labute approximate surface area is 101 Å². The van der Waals surface area contributed by atoms with Gasteiger partial charge in [0.25, 0.3) is 5.91 Å². The van der Waals surface area contributed by atoms with Crippen LogP contribution in [0, 0.1) is 12.7 Å². The van der Waals surface area contributed by atoms with Gasteiger partial charge in [-0.25, -0.2) is 4.39 Å². The van der Waals surface area contributed by atoms with E-state index in [9.17, 15) is 9.18 Å². The summed E-state index contributed by atoms with van der Waals surface area (Å²) in [7, 11) is 0. The molecule has 1 amide bonds. The van der Waals surface area contributed by atoms with E-state index in [0.717, 1.165) is 0 Å². The highest BCUT2D eigenvalue weighted by Crippen LogP contribution is 2.09. The number of aryl methyl sites for hydroxylation is 1. The summed E-state index contributed by atoms with van der Waals surface area (Å²) in [5.41, 5.74) is 6.49. The maximum absolute atomic E-state index is 12.8. The van der Waals surface area contributed by atoms with E-state index in [1.54, 1.807) is 6.92 Å². The number of rotatable bonds is 3. The number of hydrogen-bond acceptors (Lipinski definition) is 2. The predicted octanol–water partition coefficient (Wildman–Crippen LogP) is 1.63. The van der Waals surface area contributed by atoms with Crippen LogP contribution in [0.4, 0.5) is 4.39 Å². The Morgan fingerprint density at radius 2 is 2.19 bits per heavy atom. The summed E-state index contributed by atoms with van der Waals surface area (Å²) in [6, 6.07) is 4.00. The minimum Gasteiger partial charge on any atom is -0.348 e. The zero-order chi connectivity index (χ0) is 11.4. The Bertz CT molecular complexity index is 371. The molecule has 90 valence electrons. The third kappa shape index (κ3) is 3.79. The minimum atomic E-state index is -0.337. The Morgan fingerprint density at radius 3 is 2.69 bits per heavy atom. The van der Waals surface area contributed by atoms with E-state index in [1.807, 2.05) is 6.92 Å². The van der Waals surface area contributed by atoms with Crippen molar-refractivity contribution in [3.63, 3.8) is 0 Å². The first-order chi connectivity index (χ1) is 7.04. The minimum absolute atomic E-state index is 0. The number of carbonyl (C=O) groups is 1. The number of amides is 1. The highest BCUT2D eigenvalue weighted by atomic mass is 35.5. The van der Waals surface area contributed by atoms with Gasteiger partial charge in [0, 0.05) is 18.2 Å². The van der Waals surface area contributed by atoms with Gasteiger partial charge in [0.2, 0.25) is 0 Å². The van der Waals surface area contributed by atoms with Crippen LogP contribution in [0.15, 0.2) is 18.2 Å². The predicted molar refractivity (Wildman–Crippen MR) is 64.4 cm³/mol. The first-order valence-electron chi connectivity index (χ1n) is 4.81. The molecule has 1 rings (SSSR count). The lowest BCUT2D eigenvalue weighted by Crippen LogP contribution is -2.38. The molecule has 0 aliphatic heterocycles. The molecule has 0 unspecified atom stereocenters.